The van der Waals surface area contributed by atoms with E-state index in [4.69, 9.17) is 0 Å². The van der Waals surface area contributed by atoms with Crippen LogP contribution < -0.4 is 9.62 Å². The van der Waals surface area contributed by atoms with Crippen molar-refractivity contribution >= 4 is 50.1 Å². The second kappa shape index (κ2) is 14.4. The molecule has 0 saturated heterocycles. The summed E-state index contributed by atoms with van der Waals surface area (Å²) in [5.41, 5.74) is 2.59. The Kier molecular flexibility index (Phi) is 10.9. The van der Waals surface area contributed by atoms with Crippen molar-refractivity contribution in [2.45, 2.75) is 57.1 Å². The summed E-state index contributed by atoms with van der Waals surface area (Å²) in [4.78, 5) is 30.0. The third-order valence-corrected chi connectivity index (χ3v) is 9.47. The van der Waals surface area contributed by atoms with Crippen molar-refractivity contribution in [3.63, 3.8) is 0 Å². The average Bonchev–Trinajstić information content (AvgIpc) is 2.99. The fourth-order valence-corrected chi connectivity index (χ4v) is 6.55. The summed E-state index contributed by atoms with van der Waals surface area (Å²) in [5, 5.41) is 3.05. The molecule has 2 amide bonds. The molecule has 1 N–H and O–H groups in total. The minimum absolute atomic E-state index is 0.0720. The van der Waals surface area contributed by atoms with Gasteiger partial charge in [0.15, 0.2) is 0 Å². The Labute approximate surface area is 274 Å². The van der Waals surface area contributed by atoms with E-state index in [0.717, 1.165) is 24.6 Å². The van der Waals surface area contributed by atoms with Crippen LogP contribution in [0.2, 0.25) is 0 Å². The third kappa shape index (κ3) is 8.92. The van der Waals surface area contributed by atoms with E-state index in [1.165, 1.54) is 17.0 Å². The summed E-state index contributed by atoms with van der Waals surface area (Å²) in [6, 6.07) is 31.4. The van der Waals surface area contributed by atoms with E-state index in [-0.39, 0.29) is 23.8 Å². The highest BCUT2D eigenvalue weighted by atomic mass is 127. The molecule has 230 valence electrons. The zero-order chi connectivity index (χ0) is 31.9. The molecule has 0 unspecified atom stereocenters. The van der Waals surface area contributed by atoms with Gasteiger partial charge in [0.05, 0.1) is 10.6 Å². The Morgan fingerprint density at radius 2 is 1.36 bits per heavy atom. The maximum atomic E-state index is 14.5. The van der Waals surface area contributed by atoms with Crippen molar-refractivity contribution < 1.29 is 18.0 Å². The number of hydrogen-bond donors (Lipinski definition) is 1. The second-order valence-corrected chi connectivity index (χ2v) is 14.9. The summed E-state index contributed by atoms with van der Waals surface area (Å²) in [5.74, 6) is -0.804. The van der Waals surface area contributed by atoms with Crippen molar-refractivity contribution in [1.29, 1.82) is 0 Å². The number of carbonyl (C=O) groups is 2. The number of benzene rings is 4. The van der Waals surface area contributed by atoms with Gasteiger partial charge in [-0.1, -0.05) is 78.4 Å². The first-order valence-electron chi connectivity index (χ1n) is 14.4. The van der Waals surface area contributed by atoms with Crippen LogP contribution in [-0.2, 0) is 32.6 Å². The molecule has 0 heterocycles. The number of amides is 2. The number of sulfonamides is 1. The number of nitrogens with one attached hydrogen (secondary N) is 1. The summed E-state index contributed by atoms with van der Waals surface area (Å²) in [7, 11) is -4.12. The largest absolute Gasteiger partial charge is 0.350 e. The summed E-state index contributed by atoms with van der Waals surface area (Å²) in [6.45, 7) is 7.29. The van der Waals surface area contributed by atoms with E-state index >= 15 is 0 Å². The number of halogens is 1. The van der Waals surface area contributed by atoms with Crippen LogP contribution in [0, 0.1) is 10.5 Å². The van der Waals surface area contributed by atoms with E-state index in [0.29, 0.717) is 5.69 Å². The molecule has 0 saturated carbocycles. The lowest BCUT2D eigenvalue weighted by Gasteiger charge is -2.35. The molecule has 0 aromatic heterocycles. The minimum atomic E-state index is -4.12. The molecule has 0 spiro atoms. The lowest BCUT2D eigenvalue weighted by atomic mass is 10.0. The number of aryl methyl sites for hydroxylation is 1. The smallest absolute Gasteiger partial charge is 0.264 e. The van der Waals surface area contributed by atoms with Gasteiger partial charge in [-0.3, -0.25) is 13.9 Å². The Morgan fingerprint density at radius 3 is 1.93 bits per heavy atom. The first-order valence-corrected chi connectivity index (χ1v) is 16.9. The van der Waals surface area contributed by atoms with Gasteiger partial charge >= 0.3 is 0 Å². The van der Waals surface area contributed by atoms with Gasteiger partial charge in [-0.2, -0.15) is 0 Å². The van der Waals surface area contributed by atoms with Gasteiger partial charge in [0.25, 0.3) is 10.0 Å². The monoisotopic (exact) mass is 723 g/mol. The molecule has 0 fully saturated rings. The van der Waals surface area contributed by atoms with Crippen molar-refractivity contribution in [2.24, 2.45) is 0 Å². The van der Waals surface area contributed by atoms with Crippen molar-refractivity contribution in [3.05, 3.63) is 129 Å². The fourth-order valence-electron chi connectivity index (χ4n) is 4.75. The van der Waals surface area contributed by atoms with Gasteiger partial charge in [0, 0.05) is 22.1 Å². The number of anilines is 1. The minimum Gasteiger partial charge on any atom is -0.350 e. The SMILES string of the molecule is Cc1ccc(CN(C(=O)CN(c2ccc(I)cc2)S(=O)(=O)c2ccccc2)[C@H](Cc2ccccc2)C(=O)NC(C)(C)C)cc1. The molecule has 44 heavy (non-hydrogen) atoms. The van der Waals surface area contributed by atoms with Crippen LogP contribution in [0.1, 0.15) is 37.5 Å². The molecule has 0 aliphatic rings. The van der Waals surface area contributed by atoms with Crippen LogP contribution in [0.3, 0.4) is 0 Å². The Bertz CT molecular complexity index is 1660. The predicted octanol–water partition coefficient (Wildman–Crippen LogP) is 6.35. The average molecular weight is 724 g/mol. The number of hydrogen-bond acceptors (Lipinski definition) is 4. The lowest BCUT2D eigenvalue weighted by Crippen LogP contribution is -2.56. The van der Waals surface area contributed by atoms with E-state index < -0.39 is 34.1 Å². The van der Waals surface area contributed by atoms with E-state index in [1.54, 1.807) is 42.5 Å². The normalized spacial score (nSPS) is 12.3. The molecule has 4 aromatic rings. The maximum absolute atomic E-state index is 14.5. The standard InChI is InChI=1S/C35H38IN3O4S/c1-26-15-17-28(18-16-26)24-38(32(34(41)37-35(2,3)4)23-27-11-7-5-8-12-27)33(40)25-39(30-21-19-29(36)20-22-30)44(42,43)31-13-9-6-10-14-31/h5-22,32H,23-25H2,1-4H3,(H,37,41)/t32-/m1/s1. The number of rotatable bonds is 11. The van der Waals surface area contributed by atoms with E-state index in [2.05, 4.69) is 27.9 Å². The molecule has 0 bridgehead atoms. The lowest BCUT2D eigenvalue weighted by molar-refractivity contribution is -0.140. The van der Waals surface area contributed by atoms with Crippen molar-refractivity contribution in [3.8, 4) is 0 Å². The Hall–Kier alpha value is -3.70. The summed E-state index contributed by atoms with van der Waals surface area (Å²) < 4.78 is 30.1. The highest BCUT2D eigenvalue weighted by Gasteiger charge is 2.35. The molecule has 9 heteroatoms. The van der Waals surface area contributed by atoms with Gasteiger partial charge in [-0.15, -0.1) is 0 Å². The number of carbonyl (C=O) groups excluding carboxylic acids is 2. The molecular formula is C35H38IN3O4S. The van der Waals surface area contributed by atoms with Crippen molar-refractivity contribution in [1.82, 2.24) is 10.2 Å². The molecule has 7 nitrogen and oxygen atoms in total. The molecule has 4 rings (SSSR count). The molecule has 0 radical (unpaired) electrons. The van der Waals surface area contributed by atoms with Gasteiger partial charge in [-0.25, -0.2) is 8.42 Å². The Balaban J connectivity index is 1.80. The van der Waals surface area contributed by atoms with Gasteiger partial charge in [0.2, 0.25) is 11.8 Å². The van der Waals surface area contributed by atoms with Gasteiger partial charge < -0.3 is 10.2 Å². The molecule has 0 aliphatic heterocycles. The number of nitrogens with zero attached hydrogens (tertiary/aromatic N) is 2. The van der Waals surface area contributed by atoms with Crippen LogP contribution in [-0.4, -0.2) is 43.3 Å². The van der Waals surface area contributed by atoms with Crippen molar-refractivity contribution in [2.75, 3.05) is 10.8 Å². The highest BCUT2D eigenvalue weighted by molar-refractivity contribution is 14.1. The maximum Gasteiger partial charge on any atom is 0.264 e. The van der Waals surface area contributed by atoms with Gasteiger partial charge in [-0.05, 0) is 97.8 Å². The Morgan fingerprint density at radius 1 is 0.795 bits per heavy atom. The van der Waals surface area contributed by atoms with Crippen LogP contribution in [0.25, 0.3) is 0 Å². The zero-order valence-corrected chi connectivity index (χ0v) is 28.4. The second-order valence-electron chi connectivity index (χ2n) is 11.8. The van der Waals surface area contributed by atoms with Crippen LogP contribution in [0.15, 0.2) is 114 Å². The van der Waals surface area contributed by atoms with E-state index in [1.807, 2.05) is 82.3 Å². The fraction of sp³-hybridized carbons (Fsp3) is 0.257. The quantitative estimate of drug-likeness (QED) is 0.183. The first-order chi connectivity index (χ1) is 20.8. The highest BCUT2D eigenvalue weighted by Crippen LogP contribution is 2.26. The summed E-state index contributed by atoms with van der Waals surface area (Å²) >= 11 is 2.15. The van der Waals surface area contributed by atoms with E-state index in [9.17, 15) is 18.0 Å². The van der Waals surface area contributed by atoms with Gasteiger partial charge in [0.1, 0.15) is 12.6 Å². The van der Waals surface area contributed by atoms with Crippen LogP contribution in [0.4, 0.5) is 5.69 Å². The molecular weight excluding hydrogens is 685 g/mol. The third-order valence-electron chi connectivity index (χ3n) is 6.97. The topological polar surface area (TPSA) is 86.8 Å². The van der Waals surface area contributed by atoms with Crippen LogP contribution in [0.5, 0.6) is 0 Å². The predicted molar refractivity (Wildman–Crippen MR) is 184 cm³/mol. The molecule has 0 aliphatic carbocycles. The van der Waals surface area contributed by atoms with Crippen LogP contribution >= 0.6 is 22.6 Å². The summed E-state index contributed by atoms with van der Waals surface area (Å²) in [6.07, 6.45) is 0.259. The zero-order valence-electron chi connectivity index (χ0n) is 25.4. The molecule has 4 aromatic carbocycles. The molecule has 1 atom stereocenters. The first kappa shape index (κ1) is 33.2.